The van der Waals surface area contributed by atoms with Gasteiger partial charge in [-0.05, 0) is 18.6 Å². The fourth-order valence-corrected chi connectivity index (χ4v) is 3.08. The lowest BCUT2D eigenvalue weighted by Crippen LogP contribution is -2.31. The van der Waals surface area contributed by atoms with Crippen molar-refractivity contribution in [1.82, 2.24) is 5.32 Å². The third kappa shape index (κ3) is 3.77. The zero-order chi connectivity index (χ0) is 16.2. The Labute approximate surface area is 143 Å². The van der Waals surface area contributed by atoms with Gasteiger partial charge >= 0.3 is 0 Å². The van der Waals surface area contributed by atoms with Crippen molar-refractivity contribution >= 4 is 33.4 Å². The van der Waals surface area contributed by atoms with Crippen LogP contribution in [0.15, 0.2) is 18.2 Å². The predicted molar refractivity (Wildman–Crippen MR) is 89.1 cm³/mol. The monoisotopic (exact) mass is 382 g/mol. The van der Waals surface area contributed by atoms with E-state index in [4.69, 9.17) is 9.47 Å². The number of anilines is 1. The molecule has 0 spiro atoms. The number of rotatable bonds is 6. The van der Waals surface area contributed by atoms with Gasteiger partial charge in [0.2, 0.25) is 18.6 Å². The van der Waals surface area contributed by atoms with Crippen molar-refractivity contribution in [2.24, 2.45) is 5.92 Å². The lowest BCUT2D eigenvalue weighted by molar-refractivity contribution is -0.121. The number of halogens is 1. The lowest BCUT2D eigenvalue weighted by atomic mass is 10.1. The Balaban J connectivity index is 1.56. The third-order valence-electron chi connectivity index (χ3n) is 4.00. The molecule has 1 saturated heterocycles. The molecule has 2 aliphatic rings. The van der Waals surface area contributed by atoms with Crippen molar-refractivity contribution in [2.75, 3.05) is 30.1 Å². The number of benzene rings is 1. The van der Waals surface area contributed by atoms with E-state index in [1.54, 1.807) is 4.90 Å². The highest BCUT2D eigenvalue weighted by atomic mass is 79.9. The molecule has 0 aromatic heterocycles. The molecule has 1 atom stereocenters. The summed E-state index contributed by atoms with van der Waals surface area (Å²) in [6.45, 7) is 1.36. The van der Waals surface area contributed by atoms with E-state index in [0.29, 0.717) is 37.4 Å². The van der Waals surface area contributed by atoms with Gasteiger partial charge in [-0.25, -0.2) is 0 Å². The summed E-state index contributed by atoms with van der Waals surface area (Å²) in [6, 6.07) is 5.51. The molecule has 7 heteroatoms. The van der Waals surface area contributed by atoms with E-state index in [2.05, 4.69) is 21.2 Å². The van der Waals surface area contributed by atoms with Crippen molar-refractivity contribution in [1.29, 1.82) is 0 Å². The van der Waals surface area contributed by atoms with E-state index in [9.17, 15) is 9.59 Å². The number of nitrogens with one attached hydrogen (secondary N) is 1. The summed E-state index contributed by atoms with van der Waals surface area (Å²) in [5, 5.41) is 3.73. The first-order valence-electron chi connectivity index (χ1n) is 7.70. The summed E-state index contributed by atoms with van der Waals surface area (Å²) in [7, 11) is 0. The Hall–Kier alpha value is -1.76. The van der Waals surface area contributed by atoms with Crippen LogP contribution in [0.3, 0.4) is 0 Å². The number of carbonyl (C=O) groups excluding carboxylic acids is 2. The maximum Gasteiger partial charge on any atom is 0.231 e. The normalized spacial score (nSPS) is 19.3. The molecule has 0 saturated carbocycles. The minimum Gasteiger partial charge on any atom is -0.454 e. The molecule has 0 aliphatic carbocycles. The molecular weight excluding hydrogens is 364 g/mol. The van der Waals surface area contributed by atoms with Gasteiger partial charge in [-0.3, -0.25) is 9.59 Å². The Kier molecular flexibility index (Phi) is 5.05. The van der Waals surface area contributed by atoms with Crippen LogP contribution in [0.4, 0.5) is 5.69 Å². The molecule has 2 heterocycles. The van der Waals surface area contributed by atoms with Crippen LogP contribution in [0.2, 0.25) is 0 Å². The topological polar surface area (TPSA) is 67.9 Å². The van der Waals surface area contributed by atoms with Crippen LogP contribution < -0.4 is 19.7 Å². The van der Waals surface area contributed by atoms with Crippen LogP contribution in [0.5, 0.6) is 11.5 Å². The van der Waals surface area contributed by atoms with E-state index in [0.717, 1.165) is 17.4 Å². The van der Waals surface area contributed by atoms with Gasteiger partial charge in [0.1, 0.15) is 0 Å². The van der Waals surface area contributed by atoms with E-state index in [1.165, 1.54) is 0 Å². The summed E-state index contributed by atoms with van der Waals surface area (Å²) in [5.74, 6) is 1.63. The van der Waals surface area contributed by atoms with Gasteiger partial charge < -0.3 is 19.7 Å². The first-order chi connectivity index (χ1) is 11.2. The molecule has 2 aliphatic heterocycles. The molecule has 23 heavy (non-hydrogen) atoms. The Morgan fingerprint density at radius 2 is 2.17 bits per heavy atom. The number of hydrogen-bond donors (Lipinski definition) is 1. The van der Waals surface area contributed by atoms with Crippen molar-refractivity contribution in [3.05, 3.63) is 18.2 Å². The first kappa shape index (κ1) is 16.1. The van der Waals surface area contributed by atoms with Gasteiger partial charge in [0.25, 0.3) is 0 Å². The highest BCUT2D eigenvalue weighted by molar-refractivity contribution is 9.09. The van der Waals surface area contributed by atoms with Crippen LogP contribution in [-0.2, 0) is 9.59 Å². The quantitative estimate of drug-likeness (QED) is 0.764. The number of nitrogens with zero attached hydrogens (tertiary/aromatic N) is 1. The zero-order valence-corrected chi connectivity index (χ0v) is 14.3. The van der Waals surface area contributed by atoms with Crippen molar-refractivity contribution in [3.63, 3.8) is 0 Å². The van der Waals surface area contributed by atoms with Gasteiger partial charge in [0, 0.05) is 48.9 Å². The largest absolute Gasteiger partial charge is 0.454 e. The fraction of sp³-hybridized carbons (Fsp3) is 0.500. The van der Waals surface area contributed by atoms with E-state index >= 15 is 0 Å². The van der Waals surface area contributed by atoms with Crippen LogP contribution in [0.1, 0.15) is 19.3 Å². The van der Waals surface area contributed by atoms with E-state index in [-0.39, 0.29) is 24.5 Å². The minimum atomic E-state index is 0.0402. The van der Waals surface area contributed by atoms with Gasteiger partial charge in [-0.1, -0.05) is 15.9 Å². The Bertz CT molecular complexity index is 608. The number of fused-ring (bicyclic) bond motifs is 1. The van der Waals surface area contributed by atoms with Gasteiger partial charge in [0.15, 0.2) is 11.5 Å². The second-order valence-electron chi connectivity index (χ2n) is 5.71. The van der Waals surface area contributed by atoms with Crippen molar-refractivity contribution < 1.29 is 19.1 Å². The Morgan fingerprint density at radius 3 is 3.00 bits per heavy atom. The number of alkyl halides is 1. The summed E-state index contributed by atoms with van der Waals surface area (Å²) in [4.78, 5) is 25.6. The average molecular weight is 383 g/mol. The summed E-state index contributed by atoms with van der Waals surface area (Å²) in [5.41, 5.74) is 0.812. The molecule has 1 aromatic rings. The standard InChI is InChI=1S/C16H19BrN2O4/c17-5-1-2-15(20)18-8-11-6-16(21)19(9-11)12-3-4-13-14(7-12)23-10-22-13/h3-4,7,11H,1-2,5-6,8-10H2,(H,18,20). The SMILES string of the molecule is O=C(CCCBr)NCC1CC(=O)N(c2ccc3c(c2)OCO3)C1. The fourth-order valence-electron chi connectivity index (χ4n) is 2.79. The highest BCUT2D eigenvalue weighted by Crippen LogP contribution is 2.37. The number of hydrogen-bond acceptors (Lipinski definition) is 4. The number of ether oxygens (including phenoxy) is 2. The molecule has 3 rings (SSSR count). The molecule has 124 valence electrons. The highest BCUT2D eigenvalue weighted by Gasteiger charge is 2.31. The second-order valence-corrected chi connectivity index (χ2v) is 6.50. The lowest BCUT2D eigenvalue weighted by Gasteiger charge is -2.17. The second kappa shape index (κ2) is 7.21. The van der Waals surface area contributed by atoms with Gasteiger partial charge in [0.05, 0.1) is 0 Å². The van der Waals surface area contributed by atoms with E-state index < -0.39 is 0 Å². The summed E-state index contributed by atoms with van der Waals surface area (Å²) >= 11 is 3.31. The van der Waals surface area contributed by atoms with E-state index in [1.807, 2.05) is 18.2 Å². The summed E-state index contributed by atoms with van der Waals surface area (Å²) < 4.78 is 10.6. The molecular formula is C16H19BrN2O4. The third-order valence-corrected chi connectivity index (χ3v) is 4.56. The molecule has 0 bridgehead atoms. The molecule has 2 amide bonds. The molecule has 0 radical (unpaired) electrons. The van der Waals surface area contributed by atoms with Gasteiger partial charge in [-0.15, -0.1) is 0 Å². The first-order valence-corrected chi connectivity index (χ1v) is 8.82. The Morgan fingerprint density at radius 1 is 1.35 bits per heavy atom. The van der Waals surface area contributed by atoms with Crippen LogP contribution in [0, 0.1) is 5.92 Å². The maximum atomic E-state index is 12.2. The minimum absolute atomic E-state index is 0.0402. The van der Waals surface area contributed by atoms with Crippen LogP contribution in [-0.4, -0.2) is 37.0 Å². The molecule has 1 fully saturated rings. The van der Waals surface area contributed by atoms with Crippen molar-refractivity contribution in [2.45, 2.75) is 19.3 Å². The zero-order valence-electron chi connectivity index (χ0n) is 12.7. The molecule has 1 aromatic carbocycles. The molecule has 1 unspecified atom stereocenters. The van der Waals surface area contributed by atoms with Gasteiger partial charge in [-0.2, -0.15) is 0 Å². The maximum absolute atomic E-state index is 12.2. The molecule has 1 N–H and O–H groups in total. The number of amides is 2. The number of carbonyl (C=O) groups is 2. The van der Waals surface area contributed by atoms with Crippen LogP contribution in [0.25, 0.3) is 0 Å². The molecule has 6 nitrogen and oxygen atoms in total. The van der Waals surface area contributed by atoms with Crippen LogP contribution >= 0.6 is 15.9 Å². The smallest absolute Gasteiger partial charge is 0.231 e. The summed E-state index contributed by atoms with van der Waals surface area (Å²) in [6.07, 6.45) is 1.78. The predicted octanol–water partition coefficient (Wildman–Crippen LogP) is 2.06. The van der Waals surface area contributed by atoms with Crippen molar-refractivity contribution in [3.8, 4) is 11.5 Å². The average Bonchev–Trinajstić information content (AvgIpc) is 3.16.